The van der Waals surface area contributed by atoms with Gasteiger partial charge in [-0.3, -0.25) is 19.2 Å². The highest BCUT2D eigenvalue weighted by molar-refractivity contribution is 5.94. The Morgan fingerprint density at radius 3 is 2.21 bits per heavy atom. The fourth-order valence-corrected chi connectivity index (χ4v) is 3.61. The molecule has 0 unspecified atom stereocenters. The molecule has 0 saturated carbocycles. The Balaban J connectivity index is 1.95. The molecule has 0 aliphatic heterocycles. The number of hydrogen-bond donors (Lipinski definition) is 8. The van der Waals surface area contributed by atoms with Gasteiger partial charge in [0.25, 0.3) is 0 Å². The largest absolute Gasteiger partial charge is 0.480 e. The molecule has 0 aliphatic rings. The van der Waals surface area contributed by atoms with Gasteiger partial charge >= 0.3 is 5.97 Å². The van der Waals surface area contributed by atoms with Crippen LogP contribution in [0.3, 0.4) is 0 Å². The zero-order valence-electron chi connectivity index (χ0n) is 21.8. The Morgan fingerprint density at radius 1 is 0.947 bits per heavy atom. The van der Waals surface area contributed by atoms with Crippen LogP contribution >= 0.6 is 0 Å². The van der Waals surface area contributed by atoms with Gasteiger partial charge in [-0.1, -0.05) is 32.0 Å². The van der Waals surface area contributed by atoms with E-state index in [1.807, 2.05) is 18.2 Å². The van der Waals surface area contributed by atoms with Crippen LogP contribution in [0.15, 0.2) is 30.5 Å². The van der Waals surface area contributed by atoms with Crippen molar-refractivity contribution in [2.45, 2.75) is 64.4 Å². The summed E-state index contributed by atoms with van der Waals surface area (Å²) in [5.74, 6) is -4.32. The average molecular weight is 533 g/mol. The standard InChI is InChI=1S/C25H36N6O7/c1-12(2)20(26)23(35)29-13(3)22(34)28-11-19(33)31-21(14(4)32)24(36)30-18(25(37)38)9-15-10-27-17-8-6-5-7-16(15)17/h5-8,10,12-14,18,20-21,27,32H,9,11,26H2,1-4H3,(H,28,34)(H,29,35)(H,30,36)(H,31,33)(H,37,38)/t13-,14+,18-,20-,21-/m0/s1. The second-order valence-electron chi connectivity index (χ2n) is 9.47. The van der Waals surface area contributed by atoms with Crippen molar-refractivity contribution in [2.24, 2.45) is 11.7 Å². The highest BCUT2D eigenvalue weighted by Crippen LogP contribution is 2.19. The van der Waals surface area contributed by atoms with Crippen LogP contribution in [0.5, 0.6) is 0 Å². The van der Waals surface area contributed by atoms with Crippen LogP contribution in [0.2, 0.25) is 0 Å². The Kier molecular flexibility index (Phi) is 10.8. The lowest BCUT2D eigenvalue weighted by Gasteiger charge is -2.23. The van der Waals surface area contributed by atoms with Gasteiger partial charge in [0.1, 0.15) is 18.1 Å². The minimum atomic E-state index is -1.48. The van der Waals surface area contributed by atoms with Crippen LogP contribution in [0.1, 0.15) is 33.3 Å². The van der Waals surface area contributed by atoms with Crippen molar-refractivity contribution in [3.8, 4) is 0 Å². The molecule has 1 aromatic carbocycles. The van der Waals surface area contributed by atoms with Gasteiger partial charge in [-0.05, 0) is 31.4 Å². The molecule has 1 heterocycles. The number of H-pyrrole nitrogens is 1. The van der Waals surface area contributed by atoms with E-state index in [0.29, 0.717) is 5.56 Å². The minimum Gasteiger partial charge on any atom is -0.480 e. The molecule has 0 saturated heterocycles. The third-order valence-electron chi connectivity index (χ3n) is 5.99. The second kappa shape index (κ2) is 13.5. The summed E-state index contributed by atoms with van der Waals surface area (Å²) in [7, 11) is 0. The van der Waals surface area contributed by atoms with Crippen molar-refractivity contribution < 1.29 is 34.2 Å². The highest BCUT2D eigenvalue weighted by Gasteiger charge is 2.30. The van der Waals surface area contributed by atoms with E-state index in [9.17, 15) is 34.2 Å². The summed E-state index contributed by atoms with van der Waals surface area (Å²) < 4.78 is 0. The van der Waals surface area contributed by atoms with E-state index in [-0.39, 0.29) is 12.3 Å². The smallest absolute Gasteiger partial charge is 0.326 e. The molecule has 1 aromatic heterocycles. The molecule has 208 valence electrons. The Bertz CT molecular complexity index is 1160. The number of nitrogens with two attached hydrogens (primary N) is 1. The van der Waals surface area contributed by atoms with Gasteiger partial charge in [-0.25, -0.2) is 4.79 Å². The van der Waals surface area contributed by atoms with Gasteiger partial charge in [-0.15, -0.1) is 0 Å². The van der Waals surface area contributed by atoms with Crippen LogP contribution < -0.4 is 27.0 Å². The number of aromatic amines is 1. The first-order valence-corrected chi connectivity index (χ1v) is 12.2. The number of hydrogen-bond acceptors (Lipinski definition) is 7. The maximum absolute atomic E-state index is 12.8. The molecule has 0 aliphatic carbocycles. The number of benzene rings is 1. The van der Waals surface area contributed by atoms with E-state index in [1.54, 1.807) is 26.1 Å². The van der Waals surface area contributed by atoms with Crippen molar-refractivity contribution >= 4 is 40.5 Å². The van der Waals surface area contributed by atoms with Crippen LogP contribution in [-0.2, 0) is 30.4 Å². The van der Waals surface area contributed by atoms with E-state index in [1.165, 1.54) is 13.8 Å². The van der Waals surface area contributed by atoms with Gasteiger partial charge in [0.2, 0.25) is 23.6 Å². The van der Waals surface area contributed by atoms with Crippen molar-refractivity contribution in [1.82, 2.24) is 26.3 Å². The number of para-hydroxylation sites is 1. The number of rotatable bonds is 13. The Morgan fingerprint density at radius 2 is 1.61 bits per heavy atom. The molecule has 2 aromatic rings. The maximum Gasteiger partial charge on any atom is 0.326 e. The predicted molar refractivity (Wildman–Crippen MR) is 139 cm³/mol. The van der Waals surface area contributed by atoms with Crippen molar-refractivity contribution in [2.75, 3.05) is 6.54 Å². The summed E-state index contributed by atoms with van der Waals surface area (Å²) in [6, 6.07) is 2.70. The molecule has 0 fully saturated rings. The van der Waals surface area contributed by atoms with Crippen LogP contribution in [0, 0.1) is 5.92 Å². The molecule has 5 atom stereocenters. The number of aliphatic hydroxyl groups excluding tert-OH is 1. The summed E-state index contributed by atoms with van der Waals surface area (Å²) in [6.07, 6.45) is 0.252. The van der Waals surface area contributed by atoms with E-state index >= 15 is 0 Å². The van der Waals surface area contributed by atoms with E-state index in [0.717, 1.165) is 10.9 Å². The summed E-state index contributed by atoms with van der Waals surface area (Å²) in [4.78, 5) is 64.4. The topological polar surface area (TPSA) is 216 Å². The first-order valence-electron chi connectivity index (χ1n) is 12.2. The zero-order chi connectivity index (χ0) is 28.6. The molecule has 13 heteroatoms. The van der Waals surface area contributed by atoms with Crippen LogP contribution in [0.25, 0.3) is 10.9 Å². The van der Waals surface area contributed by atoms with Crippen LogP contribution in [0.4, 0.5) is 0 Å². The number of nitrogens with one attached hydrogen (secondary N) is 5. The number of carbonyl (C=O) groups excluding carboxylic acids is 4. The van der Waals surface area contributed by atoms with E-state index < -0.39 is 66.4 Å². The molecule has 38 heavy (non-hydrogen) atoms. The molecule has 0 bridgehead atoms. The number of fused-ring (bicyclic) bond motifs is 1. The SMILES string of the molecule is CC(C)[C@H](N)C(=O)N[C@@H](C)C(=O)NCC(=O)N[C@H](C(=O)N[C@@H](Cc1c[nH]c2ccccc12)C(=O)O)[C@@H](C)O. The second-order valence-corrected chi connectivity index (χ2v) is 9.47. The first-order chi connectivity index (χ1) is 17.8. The number of amides is 4. The number of aromatic nitrogens is 1. The summed E-state index contributed by atoms with van der Waals surface area (Å²) in [5.41, 5.74) is 7.23. The van der Waals surface area contributed by atoms with E-state index in [2.05, 4.69) is 26.3 Å². The highest BCUT2D eigenvalue weighted by atomic mass is 16.4. The number of carboxylic acids is 1. The van der Waals surface area contributed by atoms with Gasteiger partial charge in [0, 0.05) is 23.5 Å². The molecule has 9 N–H and O–H groups in total. The molecule has 0 radical (unpaired) electrons. The fourth-order valence-electron chi connectivity index (χ4n) is 3.61. The average Bonchev–Trinajstić information content (AvgIpc) is 3.27. The molecule has 2 rings (SSSR count). The number of aliphatic carboxylic acids is 1. The number of aliphatic hydroxyl groups is 1. The summed E-state index contributed by atoms with van der Waals surface area (Å²) in [5, 5.41) is 30.0. The molecule has 13 nitrogen and oxygen atoms in total. The lowest BCUT2D eigenvalue weighted by molar-refractivity contribution is -0.142. The summed E-state index contributed by atoms with van der Waals surface area (Å²) in [6.45, 7) is 5.64. The van der Waals surface area contributed by atoms with Gasteiger partial charge < -0.3 is 42.2 Å². The monoisotopic (exact) mass is 532 g/mol. The maximum atomic E-state index is 12.8. The minimum absolute atomic E-state index is 0.0360. The zero-order valence-corrected chi connectivity index (χ0v) is 21.8. The van der Waals surface area contributed by atoms with Crippen molar-refractivity contribution in [1.29, 1.82) is 0 Å². The first kappa shape index (κ1) is 30.3. The third-order valence-corrected chi connectivity index (χ3v) is 5.99. The molecule has 0 spiro atoms. The van der Waals surface area contributed by atoms with Crippen molar-refractivity contribution in [3.05, 3.63) is 36.0 Å². The quantitative estimate of drug-likeness (QED) is 0.156. The molecule has 4 amide bonds. The van der Waals surface area contributed by atoms with Gasteiger partial charge in [0.05, 0.1) is 18.7 Å². The lowest BCUT2D eigenvalue weighted by Crippen LogP contribution is -2.58. The van der Waals surface area contributed by atoms with Crippen LogP contribution in [-0.4, -0.2) is 81.6 Å². The third kappa shape index (κ3) is 8.28. The summed E-state index contributed by atoms with van der Waals surface area (Å²) >= 11 is 0. The normalized spacial score (nSPS) is 15.1. The number of carboxylic acid groups (broad SMARTS) is 1. The van der Waals surface area contributed by atoms with Gasteiger partial charge in [-0.2, -0.15) is 0 Å². The number of carbonyl (C=O) groups is 5. The van der Waals surface area contributed by atoms with E-state index in [4.69, 9.17) is 5.73 Å². The fraction of sp³-hybridized carbons (Fsp3) is 0.480. The molecular formula is C25H36N6O7. The Labute approximate surface area is 219 Å². The van der Waals surface area contributed by atoms with Crippen molar-refractivity contribution in [3.63, 3.8) is 0 Å². The Hall–Kier alpha value is -3.97. The molecular weight excluding hydrogens is 496 g/mol. The lowest BCUT2D eigenvalue weighted by atomic mass is 10.0. The predicted octanol–water partition coefficient (Wildman–Crippen LogP) is -1.25. The van der Waals surface area contributed by atoms with Gasteiger partial charge in [0.15, 0.2) is 0 Å².